The van der Waals surface area contributed by atoms with Gasteiger partial charge in [-0.25, -0.2) is 4.98 Å². The maximum atomic E-state index is 10.9. The molecule has 0 bridgehead atoms. The Morgan fingerprint density at radius 1 is 1.36 bits per heavy atom. The van der Waals surface area contributed by atoms with E-state index in [4.69, 9.17) is 0 Å². The zero-order valence-corrected chi connectivity index (χ0v) is 15.0. The maximum Gasteiger partial charge on any atom is 0.270 e. The second-order valence-corrected chi connectivity index (χ2v) is 6.75. The fourth-order valence-corrected chi connectivity index (χ4v) is 2.75. The summed E-state index contributed by atoms with van der Waals surface area (Å²) in [5.74, 6) is 1.18. The maximum absolute atomic E-state index is 10.9. The molecule has 0 aliphatic carbocycles. The smallest absolute Gasteiger partial charge is 0.270 e. The molecule has 1 aromatic carbocycles. The van der Waals surface area contributed by atoms with Crippen LogP contribution in [-0.4, -0.2) is 41.5 Å². The van der Waals surface area contributed by atoms with Gasteiger partial charge in [0.1, 0.15) is 5.82 Å². The lowest BCUT2D eigenvalue weighted by atomic mass is 10.0. The summed E-state index contributed by atoms with van der Waals surface area (Å²) in [4.78, 5) is 17.1. The van der Waals surface area contributed by atoms with Crippen LogP contribution in [0.25, 0.3) is 10.9 Å². The Balaban J connectivity index is 2.29. The van der Waals surface area contributed by atoms with Crippen molar-refractivity contribution in [2.75, 3.05) is 26.0 Å². The SMILES string of the molecule is CC(C)CC(CNc1cc(C#N)c2cc([N+](=O)[O-])ccc2n1)N(C)C. The van der Waals surface area contributed by atoms with Crippen molar-refractivity contribution in [1.29, 1.82) is 5.26 Å². The van der Waals surface area contributed by atoms with E-state index < -0.39 is 4.92 Å². The van der Waals surface area contributed by atoms with Gasteiger partial charge in [-0.3, -0.25) is 10.1 Å². The van der Waals surface area contributed by atoms with Crippen LogP contribution in [0.1, 0.15) is 25.8 Å². The molecule has 0 fully saturated rings. The summed E-state index contributed by atoms with van der Waals surface area (Å²) >= 11 is 0. The molecule has 2 rings (SSSR count). The number of nitrogens with zero attached hydrogens (tertiary/aromatic N) is 4. The summed E-state index contributed by atoms with van der Waals surface area (Å²) in [7, 11) is 4.09. The molecule has 0 aliphatic rings. The zero-order chi connectivity index (χ0) is 18.6. The van der Waals surface area contributed by atoms with Crippen LogP contribution in [0.5, 0.6) is 0 Å². The summed E-state index contributed by atoms with van der Waals surface area (Å²) in [5.41, 5.74) is 0.898. The number of nitriles is 1. The molecule has 1 heterocycles. The number of anilines is 1. The van der Waals surface area contributed by atoms with Crippen molar-refractivity contribution < 1.29 is 4.92 Å². The fraction of sp³-hybridized carbons (Fsp3) is 0.444. The van der Waals surface area contributed by atoms with E-state index in [2.05, 4.69) is 35.1 Å². The highest BCUT2D eigenvalue weighted by Crippen LogP contribution is 2.25. The minimum Gasteiger partial charge on any atom is -0.368 e. The van der Waals surface area contributed by atoms with Crippen molar-refractivity contribution in [3.8, 4) is 6.07 Å². The number of nitrogens with one attached hydrogen (secondary N) is 1. The predicted molar refractivity (Wildman–Crippen MR) is 98.5 cm³/mol. The third-order valence-corrected chi connectivity index (χ3v) is 4.12. The van der Waals surface area contributed by atoms with Crippen LogP contribution in [0.4, 0.5) is 11.5 Å². The Labute approximate surface area is 147 Å². The summed E-state index contributed by atoms with van der Waals surface area (Å²) in [6.45, 7) is 5.08. The van der Waals surface area contributed by atoms with E-state index >= 15 is 0 Å². The lowest BCUT2D eigenvalue weighted by molar-refractivity contribution is -0.384. The molecule has 2 aromatic rings. The molecule has 0 radical (unpaired) electrons. The number of nitro groups is 1. The quantitative estimate of drug-likeness (QED) is 0.612. The molecular weight excluding hydrogens is 318 g/mol. The monoisotopic (exact) mass is 341 g/mol. The first-order valence-corrected chi connectivity index (χ1v) is 8.21. The van der Waals surface area contributed by atoms with Crippen molar-refractivity contribution in [3.63, 3.8) is 0 Å². The zero-order valence-electron chi connectivity index (χ0n) is 15.0. The van der Waals surface area contributed by atoms with Gasteiger partial charge in [-0.1, -0.05) is 13.8 Å². The van der Waals surface area contributed by atoms with Crippen molar-refractivity contribution in [1.82, 2.24) is 9.88 Å². The Bertz CT molecular complexity index is 811. The summed E-state index contributed by atoms with van der Waals surface area (Å²) in [6, 6.07) is 8.48. The van der Waals surface area contributed by atoms with E-state index in [0.717, 1.165) is 6.42 Å². The van der Waals surface area contributed by atoms with Gasteiger partial charge in [0.25, 0.3) is 5.69 Å². The van der Waals surface area contributed by atoms with Crippen LogP contribution in [0.15, 0.2) is 24.3 Å². The Kier molecular flexibility index (Phi) is 5.88. The number of pyridine rings is 1. The van der Waals surface area contributed by atoms with Crippen LogP contribution in [-0.2, 0) is 0 Å². The second kappa shape index (κ2) is 7.90. The molecule has 25 heavy (non-hydrogen) atoms. The number of fused-ring (bicyclic) bond motifs is 1. The number of rotatable bonds is 7. The van der Waals surface area contributed by atoms with E-state index in [1.165, 1.54) is 12.1 Å². The lowest BCUT2D eigenvalue weighted by Crippen LogP contribution is -2.35. The van der Waals surface area contributed by atoms with Crippen molar-refractivity contribution in [2.45, 2.75) is 26.3 Å². The predicted octanol–water partition coefficient (Wildman–Crippen LogP) is 3.40. The number of non-ortho nitro benzene ring substituents is 1. The van der Waals surface area contributed by atoms with Gasteiger partial charge >= 0.3 is 0 Å². The summed E-state index contributed by atoms with van der Waals surface area (Å²) < 4.78 is 0. The molecular formula is C18H23N5O2. The highest BCUT2D eigenvalue weighted by molar-refractivity contribution is 5.88. The van der Waals surface area contributed by atoms with Gasteiger partial charge in [0.05, 0.1) is 22.1 Å². The van der Waals surface area contributed by atoms with Gasteiger partial charge in [0, 0.05) is 30.1 Å². The Morgan fingerprint density at radius 3 is 2.64 bits per heavy atom. The van der Waals surface area contributed by atoms with Crippen LogP contribution < -0.4 is 5.32 Å². The highest BCUT2D eigenvalue weighted by Gasteiger charge is 2.15. The minimum absolute atomic E-state index is 0.0453. The highest BCUT2D eigenvalue weighted by atomic mass is 16.6. The van der Waals surface area contributed by atoms with Crippen LogP contribution in [0, 0.1) is 27.4 Å². The van der Waals surface area contributed by atoms with Crippen LogP contribution in [0.2, 0.25) is 0 Å². The normalized spacial score (nSPS) is 12.4. The third kappa shape index (κ3) is 4.64. The van der Waals surface area contributed by atoms with Gasteiger partial charge in [-0.05, 0) is 38.6 Å². The number of hydrogen-bond donors (Lipinski definition) is 1. The number of nitro benzene ring substituents is 1. The van der Waals surface area contributed by atoms with Gasteiger partial charge in [-0.2, -0.15) is 5.26 Å². The van der Waals surface area contributed by atoms with Gasteiger partial charge in [0.2, 0.25) is 0 Å². The fourth-order valence-electron chi connectivity index (χ4n) is 2.75. The average molecular weight is 341 g/mol. The van der Waals surface area contributed by atoms with E-state index in [1.807, 2.05) is 14.1 Å². The van der Waals surface area contributed by atoms with E-state index in [1.54, 1.807) is 12.1 Å². The molecule has 1 N–H and O–H groups in total. The number of likely N-dealkylation sites (N-methyl/N-ethyl adjacent to an activating group) is 1. The molecule has 0 amide bonds. The van der Waals surface area contributed by atoms with E-state index in [9.17, 15) is 15.4 Å². The first-order valence-electron chi connectivity index (χ1n) is 8.21. The topological polar surface area (TPSA) is 95.1 Å². The third-order valence-electron chi connectivity index (χ3n) is 4.12. The largest absolute Gasteiger partial charge is 0.368 e. The van der Waals surface area contributed by atoms with Gasteiger partial charge in [-0.15, -0.1) is 0 Å². The van der Waals surface area contributed by atoms with Crippen molar-refractivity contribution in [3.05, 3.63) is 39.9 Å². The first-order chi connectivity index (χ1) is 11.8. The number of aromatic nitrogens is 1. The van der Waals surface area contributed by atoms with Crippen molar-refractivity contribution >= 4 is 22.4 Å². The average Bonchev–Trinajstić information content (AvgIpc) is 2.56. The standard InChI is InChI=1S/C18H23N5O2/c1-12(2)7-15(22(3)4)11-20-18-8-13(10-19)16-9-14(23(24)25)5-6-17(16)21-18/h5-6,8-9,12,15H,7,11H2,1-4H3,(H,20,21). The van der Waals surface area contributed by atoms with Gasteiger partial charge in [0.15, 0.2) is 0 Å². The molecule has 1 atom stereocenters. The minimum atomic E-state index is -0.472. The molecule has 1 aromatic heterocycles. The number of hydrogen-bond acceptors (Lipinski definition) is 6. The number of benzene rings is 1. The second-order valence-electron chi connectivity index (χ2n) is 6.75. The van der Waals surface area contributed by atoms with E-state index in [-0.39, 0.29) is 5.69 Å². The Hall–Kier alpha value is -2.72. The molecule has 132 valence electrons. The molecule has 0 saturated heterocycles. The van der Waals surface area contributed by atoms with E-state index in [0.29, 0.717) is 40.8 Å². The summed E-state index contributed by atoms with van der Waals surface area (Å²) in [6.07, 6.45) is 1.05. The molecule has 7 nitrogen and oxygen atoms in total. The first kappa shape index (κ1) is 18.6. The summed E-state index contributed by atoms with van der Waals surface area (Å²) in [5, 5.41) is 24.1. The molecule has 1 unspecified atom stereocenters. The molecule has 0 saturated carbocycles. The molecule has 0 aliphatic heterocycles. The van der Waals surface area contributed by atoms with Gasteiger partial charge < -0.3 is 10.2 Å². The molecule has 7 heteroatoms. The van der Waals surface area contributed by atoms with Crippen LogP contribution in [0.3, 0.4) is 0 Å². The lowest BCUT2D eigenvalue weighted by Gasteiger charge is -2.26. The molecule has 0 spiro atoms. The van der Waals surface area contributed by atoms with Crippen molar-refractivity contribution in [2.24, 2.45) is 5.92 Å². The Morgan fingerprint density at radius 2 is 2.08 bits per heavy atom. The van der Waals surface area contributed by atoms with Crippen LogP contribution >= 0.6 is 0 Å².